The summed E-state index contributed by atoms with van der Waals surface area (Å²) in [5.74, 6) is -2.98. The van der Waals surface area contributed by atoms with Crippen LogP contribution in [0.1, 0.15) is 13.3 Å². The molecule has 2 aliphatic carbocycles. The molecule has 0 radical (unpaired) electrons. The van der Waals surface area contributed by atoms with E-state index in [9.17, 15) is 23.3 Å². The van der Waals surface area contributed by atoms with Gasteiger partial charge in [0.1, 0.15) is 17.5 Å². The second-order valence-electron chi connectivity index (χ2n) is 6.05. The number of ether oxygens (including phenoxy) is 2. The summed E-state index contributed by atoms with van der Waals surface area (Å²) in [6.45, 7) is 4.23. The van der Waals surface area contributed by atoms with Crippen LogP contribution >= 0.6 is 0 Å². The van der Waals surface area contributed by atoms with Gasteiger partial charge >= 0.3 is 11.9 Å². The van der Waals surface area contributed by atoms with Crippen LogP contribution in [0.25, 0.3) is 0 Å². The average molecular weight is 341 g/mol. The Morgan fingerprint density at radius 3 is 2.70 bits per heavy atom. The fraction of sp³-hybridized carbons (Fsp3) is 0.643. The van der Waals surface area contributed by atoms with Gasteiger partial charge in [-0.05, 0) is 13.3 Å². The third kappa shape index (κ3) is 2.42. The van der Waals surface area contributed by atoms with E-state index in [-0.39, 0.29) is 17.4 Å². The number of carbonyl (C=O) groups is 2. The molecule has 0 N–H and O–H groups in total. The third-order valence-corrected chi connectivity index (χ3v) is 6.41. The molecule has 9 heteroatoms. The normalized spacial score (nSPS) is 38.8. The van der Waals surface area contributed by atoms with Gasteiger partial charge in [-0.3, -0.25) is 4.18 Å². The number of nitrogens with zero attached hydrogens (tertiary/aromatic N) is 1. The highest BCUT2D eigenvalue weighted by molar-refractivity contribution is 7.87. The van der Waals surface area contributed by atoms with Crippen molar-refractivity contribution < 1.29 is 31.7 Å². The molecule has 124 valence electrons. The fourth-order valence-electron chi connectivity index (χ4n) is 3.75. The first kappa shape index (κ1) is 16.0. The average Bonchev–Trinajstić information content (AvgIpc) is 3.06. The van der Waals surface area contributed by atoms with E-state index in [1.165, 1.54) is 6.92 Å². The predicted molar refractivity (Wildman–Crippen MR) is 73.9 cm³/mol. The van der Waals surface area contributed by atoms with Crippen LogP contribution < -0.4 is 0 Å². The molecule has 0 spiro atoms. The smallest absolute Gasteiger partial charge is 0.344 e. The molecule has 2 saturated carbocycles. The molecule has 1 heterocycles. The Balaban J connectivity index is 1.69. The molecule has 3 rings (SSSR count). The summed E-state index contributed by atoms with van der Waals surface area (Å²) in [5.41, 5.74) is 0.148. The van der Waals surface area contributed by atoms with Crippen LogP contribution in [0.5, 0.6) is 0 Å². The van der Waals surface area contributed by atoms with Crippen LogP contribution in [0.4, 0.5) is 0 Å². The number of fused-ring (bicyclic) bond motifs is 1. The summed E-state index contributed by atoms with van der Waals surface area (Å²) < 4.78 is 39.0. The number of rotatable bonds is 4. The van der Waals surface area contributed by atoms with Crippen molar-refractivity contribution in [2.75, 3.05) is 6.61 Å². The number of carbonyl (C=O) groups excluding carboxylic acids is 2. The van der Waals surface area contributed by atoms with Gasteiger partial charge in [0.15, 0.2) is 6.61 Å². The lowest BCUT2D eigenvalue weighted by Gasteiger charge is -2.27. The van der Waals surface area contributed by atoms with Gasteiger partial charge in [-0.2, -0.15) is 13.7 Å². The van der Waals surface area contributed by atoms with Crippen LogP contribution in [0, 0.1) is 29.1 Å². The lowest BCUT2D eigenvalue weighted by atomic mass is 9.85. The standard InChI is InChI=1S/C14H15NO7S/c1-6(2)14(17)20-5-10(16)21-11-7-3-8-12(11)22-23(18,19)13(8)9(7)4-15/h7-9,11-13H,1,3,5H2,2H3. The summed E-state index contributed by atoms with van der Waals surface area (Å²) in [7, 11) is -3.81. The highest BCUT2D eigenvalue weighted by Crippen LogP contribution is 2.58. The van der Waals surface area contributed by atoms with Crippen LogP contribution in [0.15, 0.2) is 12.2 Å². The number of hydrogen-bond acceptors (Lipinski definition) is 8. The monoisotopic (exact) mass is 341 g/mol. The second-order valence-corrected chi connectivity index (χ2v) is 7.77. The van der Waals surface area contributed by atoms with Crippen LogP contribution in [0.3, 0.4) is 0 Å². The topological polar surface area (TPSA) is 120 Å². The summed E-state index contributed by atoms with van der Waals surface area (Å²) in [4.78, 5) is 23.1. The maximum Gasteiger partial charge on any atom is 0.344 e. The Hall–Kier alpha value is -1.92. The Morgan fingerprint density at radius 1 is 1.39 bits per heavy atom. The fourth-order valence-corrected chi connectivity index (χ4v) is 5.75. The van der Waals surface area contributed by atoms with E-state index in [0.717, 1.165) is 0 Å². The molecule has 0 amide bonds. The van der Waals surface area contributed by atoms with Crippen LogP contribution in [-0.4, -0.2) is 44.4 Å². The summed E-state index contributed by atoms with van der Waals surface area (Å²) in [6, 6.07) is 2.00. The Morgan fingerprint density at radius 2 is 2.09 bits per heavy atom. The van der Waals surface area contributed by atoms with Gasteiger partial charge in [0.25, 0.3) is 10.1 Å². The number of nitriles is 1. The highest BCUT2D eigenvalue weighted by atomic mass is 32.2. The molecule has 1 aliphatic heterocycles. The summed E-state index contributed by atoms with van der Waals surface area (Å²) >= 11 is 0. The molecule has 6 unspecified atom stereocenters. The minimum Gasteiger partial charge on any atom is -0.457 e. The SMILES string of the molecule is C=C(C)C(=O)OCC(=O)OC1C2CC3C1OS(=O)(=O)C3C2C#N. The number of hydrogen-bond donors (Lipinski definition) is 0. The first-order valence-corrected chi connectivity index (χ1v) is 8.57. The van der Waals surface area contributed by atoms with E-state index in [1.54, 1.807) is 0 Å². The molecular weight excluding hydrogens is 326 g/mol. The molecule has 6 atom stereocenters. The van der Waals surface area contributed by atoms with Gasteiger partial charge in [-0.1, -0.05) is 6.58 Å². The van der Waals surface area contributed by atoms with Crippen molar-refractivity contribution in [3.63, 3.8) is 0 Å². The Kier molecular flexibility index (Phi) is 3.69. The van der Waals surface area contributed by atoms with Crippen molar-refractivity contribution in [2.45, 2.75) is 30.8 Å². The molecule has 0 aromatic carbocycles. The molecule has 0 aromatic rings. The maximum absolute atomic E-state index is 12.0. The largest absolute Gasteiger partial charge is 0.457 e. The minimum atomic E-state index is -3.81. The summed E-state index contributed by atoms with van der Waals surface area (Å²) in [5, 5.41) is 8.41. The van der Waals surface area contributed by atoms with Gasteiger partial charge in [-0.15, -0.1) is 0 Å². The molecular formula is C14H15NO7S. The molecule has 0 aromatic heterocycles. The molecule has 1 saturated heterocycles. The lowest BCUT2D eigenvalue weighted by Crippen LogP contribution is -2.42. The van der Waals surface area contributed by atoms with E-state index in [4.69, 9.17) is 13.7 Å². The first-order valence-electron chi connectivity index (χ1n) is 7.10. The molecule has 3 fully saturated rings. The molecule has 23 heavy (non-hydrogen) atoms. The van der Waals surface area contributed by atoms with Crippen molar-refractivity contribution in [1.82, 2.24) is 0 Å². The van der Waals surface area contributed by atoms with Crippen molar-refractivity contribution in [3.05, 3.63) is 12.2 Å². The summed E-state index contributed by atoms with van der Waals surface area (Å²) in [6.07, 6.45) is -1.09. The van der Waals surface area contributed by atoms with Crippen molar-refractivity contribution >= 4 is 22.1 Å². The predicted octanol–water partition coefficient (Wildman–Crippen LogP) is -0.0958. The first-order chi connectivity index (χ1) is 10.8. The molecule has 3 aliphatic rings. The van der Waals surface area contributed by atoms with E-state index in [0.29, 0.717) is 6.42 Å². The molecule has 2 bridgehead atoms. The van der Waals surface area contributed by atoms with Crippen molar-refractivity contribution in [1.29, 1.82) is 5.26 Å². The van der Waals surface area contributed by atoms with Gasteiger partial charge in [0.2, 0.25) is 0 Å². The maximum atomic E-state index is 12.0. The quantitative estimate of drug-likeness (QED) is 0.395. The molecule has 8 nitrogen and oxygen atoms in total. The third-order valence-electron chi connectivity index (χ3n) is 4.61. The van der Waals surface area contributed by atoms with E-state index in [1.807, 2.05) is 6.07 Å². The van der Waals surface area contributed by atoms with Crippen LogP contribution in [0.2, 0.25) is 0 Å². The van der Waals surface area contributed by atoms with Gasteiger partial charge in [-0.25, -0.2) is 9.59 Å². The lowest BCUT2D eigenvalue weighted by molar-refractivity contribution is -0.166. The van der Waals surface area contributed by atoms with Gasteiger partial charge < -0.3 is 9.47 Å². The van der Waals surface area contributed by atoms with Gasteiger partial charge in [0.05, 0.1) is 12.0 Å². The number of esters is 2. The second kappa shape index (κ2) is 5.32. The van der Waals surface area contributed by atoms with E-state index in [2.05, 4.69) is 6.58 Å². The van der Waals surface area contributed by atoms with E-state index >= 15 is 0 Å². The minimum absolute atomic E-state index is 0.148. The zero-order valence-corrected chi connectivity index (χ0v) is 13.1. The zero-order valence-electron chi connectivity index (χ0n) is 12.3. The Bertz CT molecular complexity index is 722. The van der Waals surface area contributed by atoms with E-state index < -0.39 is 52.0 Å². The van der Waals surface area contributed by atoms with Gasteiger partial charge in [0, 0.05) is 17.4 Å². The zero-order chi connectivity index (χ0) is 16.9. The Labute approximate surface area is 133 Å². The van der Waals surface area contributed by atoms with Crippen molar-refractivity contribution in [3.8, 4) is 6.07 Å². The van der Waals surface area contributed by atoms with Crippen molar-refractivity contribution in [2.24, 2.45) is 17.8 Å². The van der Waals surface area contributed by atoms with Crippen LogP contribution in [-0.2, 0) is 33.4 Å². The highest BCUT2D eigenvalue weighted by Gasteiger charge is 2.70.